The smallest absolute Gasteiger partial charge is 0.292 e. The highest BCUT2D eigenvalue weighted by atomic mass is 19.1. The van der Waals surface area contributed by atoms with Crippen LogP contribution >= 0.6 is 0 Å². The van der Waals surface area contributed by atoms with Gasteiger partial charge in [0.2, 0.25) is 11.7 Å². The highest BCUT2D eigenvalue weighted by Gasteiger charge is 2.38. The number of oxazole rings is 1. The number of carbonyl (C=O) groups excluding carboxylic acids is 1. The molecule has 0 aliphatic carbocycles. The lowest BCUT2D eigenvalue weighted by molar-refractivity contribution is 0.0440. The van der Waals surface area contributed by atoms with E-state index in [1.807, 2.05) is 0 Å². The highest BCUT2D eigenvalue weighted by molar-refractivity contribution is 5.92. The van der Waals surface area contributed by atoms with Crippen LogP contribution in [0.2, 0.25) is 0 Å². The summed E-state index contributed by atoms with van der Waals surface area (Å²) in [5.74, 6) is -0.757. The third-order valence-corrected chi connectivity index (χ3v) is 5.17. The number of aromatic amines is 1. The third kappa shape index (κ3) is 2.88. The van der Waals surface area contributed by atoms with Crippen molar-refractivity contribution in [3.05, 3.63) is 71.5 Å². The van der Waals surface area contributed by atoms with Crippen molar-refractivity contribution in [2.24, 2.45) is 0 Å². The summed E-state index contributed by atoms with van der Waals surface area (Å²) in [6.45, 7) is 3.43. The van der Waals surface area contributed by atoms with Crippen LogP contribution in [-0.2, 0) is 12.0 Å². The summed E-state index contributed by atoms with van der Waals surface area (Å²) in [5, 5.41) is 14.6. The predicted octanol–water partition coefficient (Wildman–Crippen LogP) is 2.20. The maximum atomic E-state index is 14.2. The number of pyridine rings is 1. The summed E-state index contributed by atoms with van der Waals surface area (Å²) >= 11 is 0. The van der Waals surface area contributed by atoms with E-state index in [1.54, 1.807) is 29.6 Å². The number of hydrogen-bond donors (Lipinski definition) is 2. The Labute approximate surface area is 170 Å². The fourth-order valence-electron chi connectivity index (χ4n) is 3.73. The van der Waals surface area contributed by atoms with Crippen LogP contribution in [0.5, 0.6) is 0 Å². The molecule has 1 aliphatic heterocycles. The molecule has 5 rings (SSSR count). The molecule has 9 nitrogen and oxygen atoms in total. The number of aliphatic hydroxyl groups is 1. The third-order valence-electron chi connectivity index (χ3n) is 5.17. The number of imidazole rings is 1. The molecule has 0 bridgehead atoms. The molecule has 1 unspecified atom stereocenters. The molecule has 1 atom stereocenters. The SMILES string of the molecule is CC(C)(O)c1ncc(C(=O)N2CCc3[nH]cnc3C2c2cc3c(F)cccn3n2)o1. The van der Waals surface area contributed by atoms with E-state index < -0.39 is 23.4 Å². The normalized spacial score (nSPS) is 16.8. The van der Waals surface area contributed by atoms with E-state index in [0.29, 0.717) is 29.9 Å². The average molecular weight is 410 g/mol. The molecule has 30 heavy (non-hydrogen) atoms. The minimum absolute atomic E-state index is 0.00561. The van der Waals surface area contributed by atoms with Crippen molar-refractivity contribution in [3.8, 4) is 0 Å². The summed E-state index contributed by atoms with van der Waals surface area (Å²) in [4.78, 5) is 26.4. The lowest BCUT2D eigenvalue weighted by Crippen LogP contribution is -2.40. The monoisotopic (exact) mass is 410 g/mol. The van der Waals surface area contributed by atoms with E-state index in [-0.39, 0.29) is 11.7 Å². The van der Waals surface area contributed by atoms with Gasteiger partial charge in [-0.2, -0.15) is 5.10 Å². The van der Waals surface area contributed by atoms with Gasteiger partial charge in [0.25, 0.3) is 5.91 Å². The second-order valence-corrected chi connectivity index (χ2v) is 7.76. The molecule has 10 heteroatoms. The molecule has 1 amide bonds. The Bertz CT molecular complexity index is 1250. The van der Waals surface area contributed by atoms with Gasteiger partial charge in [0, 0.05) is 24.9 Å². The molecule has 154 valence electrons. The Morgan fingerprint density at radius 3 is 2.97 bits per heavy atom. The number of halogens is 1. The van der Waals surface area contributed by atoms with Crippen molar-refractivity contribution in [3.63, 3.8) is 0 Å². The molecule has 5 heterocycles. The zero-order valence-electron chi connectivity index (χ0n) is 16.3. The van der Waals surface area contributed by atoms with E-state index in [4.69, 9.17) is 4.42 Å². The lowest BCUT2D eigenvalue weighted by atomic mass is 9.99. The molecule has 0 radical (unpaired) electrons. The van der Waals surface area contributed by atoms with Gasteiger partial charge in [0.05, 0.1) is 23.9 Å². The first kappa shape index (κ1) is 18.5. The first-order valence-corrected chi connectivity index (χ1v) is 9.48. The zero-order chi connectivity index (χ0) is 21.0. The Morgan fingerprint density at radius 2 is 2.23 bits per heavy atom. The molecule has 1 aliphatic rings. The van der Waals surface area contributed by atoms with Crippen LogP contribution in [0.25, 0.3) is 5.52 Å². The van der Waals surface area contributed by atoms with Crippen molar-refractivity contribution in [1.29, 1.82) is 0 Å². The number of carbonyl (C=O) groups is 1. The Balaban J connectivity index is 1.59. The average Bonchev–Trinajstić information content (AvgIpc) is 3.44. The minimum Gasteiger partial charge on any atom is -0.432 e. The molecule has 0 saturated heterocycles. The zero-order valence-corrected chi connectivity index (χ0v) is 16.3. The number of nitrogens with zero attached hydrogens (tertiary/aromatic N) is 5. The Hall–Kier alpha value is -3.53. The van der Waals surface area contributed by atoms with Crippen molar-refractivity contribution < 1.29 is 18.7 Å². The van der Waals surface area contributed by atoms with E-state index in [0.717, 1.165) is 5.69 Å². The van der Waals surface area contributed by atoms with E-state index in [9.17, 15) is 14.3 Å². The number of H-pyrrole nitrogens is 1. The maximum Gasteiger partial charge on any atom is 0.292 e. The first-order chi connectivity index (χ1) is 14.3. The van der Waals surface area contributed by atoms with Gasteiger partial charge in [-0.25, -0.2) is 18.9 Å². The predicted molar refractivity (Wildman–Crippen MR) is 102 cm³/mol. The summed E-state index contributed by atoms with van der Waals surface area (Å²) in [6.07, 6.45) is 5.10. The van der Waals surface area contributed by atoms with Crippen LogP contribution in [0.15, 0.2) is 41.3 Å². The molecule has 0 fully saturated rings. The Morgan fingerprint density at radius 1 is 1.40 bits per heavy atom. The number of hydrogen-bond acceptors (Lipinski definition) is 6. The quantitative estimate of drug-likeness (QED) is 0.535. The van der Waals surface area contributed by atoms with Gasteiger partial charge >= 0.3 is 0 Å². The molecule has 2 N–H and O–H groups in total. The molecule has 4 aromatic heterocycles. The fourth-order valence-corrected chi connectivity index (χ4v) is 3.73. The summed E-state index contributed by atoms with van der Waals surface area (Å²) < 4.78 is 21.2. The van der Waals surface area contributed by atoms with E-state index >= 15 is 0 Å². The van der Waals surface area contributed by atoms with E-state index in [2.05, 4.69) is 20.1 Å². The molecule has 0 saturated carbocycles. The topological polar surface area (TPSA) is 113 Å². The van der Waals surface area contributed by atoms with Gasteiger partial charge < -0.3 is 19.4 Å². The number of fused-ring (bicyclic) bond motifs is 2. The van der Waals surface area contributed by atoms with Crippen LogP contribution in [0, 0.1) is 5.82 Å². The summed E-state index contributed by atoms with van der Waals surface area (Å²) in [6, 6.07) is 3.92. The van der Waals surface area contributed by atoms with Crippen molar-refractivity contribution in [2.45, 2.75) is 31.9 Å². The van der Waals surface area contributed by atoms with Gasteiger partial charge in [-0.05, 0) is 32.0 Å². The largest absolute Gasteiger partial charge is 0.432 e. The van der Waals surface area contributed by atoms with Crippen molar-refractivity contribution in [1.82, 2.24) is 29.5 Å². The molecule has 4 aromatic rings. The Kier molecular flexibility index (Phi) is 4.00. The van der Waals surface area contributed by atoms with Gasteiger partial charge in [0.1, 0.15) is 23.0 Å². The maximum absolute atomic E-state index is 14.2. The molecular formula is C20H19FN6O3. The fraction of sp³-hybridized carbons (Fsp3) is 0.300. The number of amides is 1. The highest BCUT2D eigenvalue weighted by Crippen LogP contribution is 2.35. The first-order valence-electron chi connectivity index (χ1n) is 9.48. The number of nitrogens with one attached hydrogen (secondary N) is 1. The van der Waals surface area contributed by atoms with Gasteiger partial charge in [-0.15, -0.1) is 0 Å². The van der Waals surface area contributed by atoms with Crippen LogP contribution in [0.4, 0.5) is 4.39 Å². The van der Waals surface area contributed by atoms with Crippen molar-refractivity contribution >= 4 is 11.4 Å². The molecular weight excluding hydrogens is 391 g/mol. The minimum atomic E-state index is -1.31. The number of aromatic nitrogens is 5. The standard InChI is InChI=1S/C20H19FN6O3/c1-20(2,29)19-22-9-15(30-19)18(28)26-7-5-12-16(24-10-23-12)17(26)13-8-14-11(21)4-3-6-27(14)25-13/h3-4,6,8-10,17,29H,5,7H2,1-2H3,(H,23,24). The summed E-state index contributed by atoms with van der Waals surface area (Å²) in [5.41, 5.74) is 1.04. The van der Waals surface area contributed by atoms with Gasteiger partial charge in [-0.3, -0.25) is 4.79 Å². The summed E-state index contributed by atoms with van der Waals surface area (Å²) in [7, 11) is 0. The van der Waals surface area contributed by atoms with E-state index in [1.165, 1.54) is 30.6 Å². The lowest BCUT2D eigenvalue weighted by Gasteiger charge is -2.33. The number of rotatable bonds is 3. The molecule has 0 aromatic carbocycles. The van der Waals surface area contributed by atoms with Crippen LogP contribution in [0.3, 0.4) is 0 Å². The molecule has 0 spiro atoms. The van der Waals surface area contributed by atoms with Gasteiger partial charge in [0.15, 0.2) is 0 Å². The van der Waals surface area contributed by atoms with Crippen molar-refractivity contribution in [2.75, 3.05) is 6.54 Å². The van der Waals surface area contributed by atoms with Crippen LogP contribution < -0.4 is 0 Å². The second-order valence-electron chi connectivity index (χ2n) is 7.76. The second kappa shape index (κ2) is 6.49. The van der Waals surface area contributed by atoms with Crippen LogP contribution in [-0.4, -0.2) is 47.0 Å². The van der Waals surface area contributed by atoms with Gasteiger partial charge in [-0.1, -0.05) is 0 Å². The van der Waals surface area contributed by atoms with Crippen LogP contribution in [0.1, 0.15) is 53.4 Å².